The van der Waals surface area contributed by atoms with Gasteiger partial charge < -0.3 is 0 Å². The third-order valence-corrected chi connectivity index (χ3v) is 1.46. The van der Waals surface area contributed by atoms with Crippen LogP contribution in [-0.2, 0) is 20.5 Å². The SMILES string of the molecule is O=[PH+]c1ccccc1.[Cl][Pd][Cl]. The molecule has 5 heteroatoms. The Balaban J connectivity index is 0.000000292. The van der Waals surface area contributed by atoms with E-state index in [4.69, 9.17) is 19.1 Å². The second-order valence-electron chi connectivity index (χ2n) is 1.51. The molecule has 0 amide bonds. The Hall–Kier alpha value is 0.562. The average Bonchev–Trinajstić information content (AvgIpc) is 2.08. The van der Waals surface area contributed by atoms with E-state index in [-0.39, 0.29) is 24.4 Å². The van der Waals surface area contributed by atoms with Gasteiger partial charge in [0.25, 0.3) is 0 Å². The minimum absolute atomic E-state index is 0.106. The normalized spacial score (nSPS) is 8.91. The maximum absolute atomic E-state index is 10.2. The van der Waals surface area contributed by atoms with Crippen molar-refractivity contribution in [3.63, 3.8) is 0 Å². The van der Waals surface area contributed by atoms with Gasteiger partial charge in [0.05, 0.1) is 0 Å². The molecule has 0 radical (unpaired) electrons. The van der Waals surface area contributed by atoms with Gasteiger partial charge in [-0.05, 0) is 12.1 Å². The first-order valence-corrected chi connectivity index (χ1v) is 7.52. The van der Waals surface area contributed by atoms with Gasteiger partial charge in [0, 0.05) is 0 Å². The molecule has 0 aliphatic carbocycles. The summed E-state index contributed by atoms with van der Waals surface area (Å²) in [4.78, 5) is 0. The summed E-state index contributed by atoms with van der Waals surface area (Å²) in [5.41, 5.74) is 0. The maximum atomic E-state index is 10.2. The molecule has 0 aromatic heterocycles. The van der Waals surface area contributed by atoms with Crippen LogP contribution in [0.3, 0.4) is 0 Å². The molecule has 0 aliphatic heterocycles. The molecule has 0 N–H and O–H groups in total. The number of halogens is 2. The fourth-order valence-electron chi connectivity index (χ4n) is 0.506. The molecule has 1 aromatic carbocycles. The van der Waals surface area contributed by atoms with Gasteiger partial charge in [0.1, 0.15) is 0 Å². The van der Waals surface area contributed by atoms with E-state index in [1.54, 1.807) is 0 Å². The fraction of sp³-hybridized carbons (Fsp3) is 0. The third kappa shape index (κ3) is 6.94. The van der Waals surface area contributed by atoms with Crippen LogP contribution in [0.15, 0.2) is 30.3 Å². The van der Waals surface area contributed by atoms with Crippen LogP contribution < -0.4 is 5.30 Å². The van der Waals surface area contributed by atoms with Gasteiger partial charge in [-0.25, -0.2) is 0 Å². The Morgan fingerprint density at radius 2 is 1.64 bits per heavy atom. The van der Waals surface area contributed by atoms with Gasteiger partial charge in [0.15, 0.2) is 5.30 Å². The van der Waals surface area contributed by atoms with Crippen LogP contribution in [0, 0.1) is 0 Å². The van der Waals surface area contributed by atoms with Crippen molar-refractivity contribution in [3.8, 4) is 0 Å². The zero-order valence-electron chi connectivity index (χ0n) is 5.37. The van der Waals surface area contributed by atoms with Crippen LogP contribution in [0.2, 0.25) is 0 Å². The first kappa shape index (κ1) is 11.6. The van der Waals surface area contributed by atoms with Crippen molar-refractivity contribution < 1.29 is 20.5 Å². The topological polar surface area (TPSA) is 17.1 Å². The van der Waals surface area contributed by atoms with E-state index in [0.717, 1.165) is 5.30 Å². The van der Waals surface area contributed by atoms with E-state index < -0.39 is 0 Å². The van der Waals surface area contributed by atoms with Crippen molar-refractivity contribution in [1.82, 2.24) is 0 Å². The number of rotatable bonds is 1. The van der Waals surface area contributed by atoms with Gasteiger partial charge in [-0.3, -0.25) is 0 Å². The summed E-state index contributed by atoms with van der Waals surface area (Å²) in [7, 11) is 9.31. The van der Waals surface area contributed by atoms with Gasteiger partial charge in [-0.2, -0.15) is 0 Å². The predicted octanol–water partition coefficient (Wildman–Crippen LogP) is 2.71. The molecule has 1 aromatic rings. The first-order valence-electron chi connectivity index (χ1n) is 2.60. The molecule has 0 saturated carbocycles. The molecule has 0 aliphatic rings. The number of hydrogen-bond acceptors (Lipinski definition) is 1. The number of benzene rings is 1. The first-order chi connectivity index (χ1) is 5.35. The third-order valence-electron chi connectivity index (χ3n) is 0.892. The zero-order valence-corrected chi connectivity index (χ0v) is 9.43. The quantitative estimate of drug-likeness (QED) is 0.576. The van der Waals surface area contributed by atoms with E-state index in [9.17, 15) is 4.57 Å². The summed E-state index contributed by atoms with van der Waals surface area (Å²) < 4.78 is 10.2. The molecule has 0 fully saturated rings. The Bertz CT molecular complexity index is 195. The predicted molar refractivity (Wildman–Crippen MR) is 46.8 cm³/mol. The number of hydrogen-bond donors (Lipinski definition) is 0. The second-order valence-corrected chi connectivity index (χ2v) is 4.65. The van der Waals surface area contributed by atoms with Crippen LogP contribution in [0.1, 0.15) is 0 Å². The Labute approximate surface area is 83.4 Å². The zero-order chi connectivity index (χ0) is 8.53. The molecule has 1 atom stereocenters. The minimum atomic E-state index is -0.320. The van der Waals surface area contributed by atoms with E-state index >= 15 is 0 Å². The summed E-state index contributed by atoms with van der Waals surface area (Å²) in [5.74, 6) is 0. The van der Waals surface area contributed by atoms with E-state index in [1.165, 1.54) is 0 Å². The molecule has 0 saturated heterocycles. The molecule has 64 valence electrons. The molecule has 0 bridgehead atoms. The second kappa shape index (κ2) is 8.66. The van der Waals surface area contributed by atoms with Crippen LogP contribution >= 0.6 is 27.5 Å². The Morgan fingerprint density at radius 3 is 1.91 bits per heavy atom. The summed E-state index contributed by atoms with van der Waals surface area (Å²) in [6.07, 6.45) is 0. The van der Waals surface area contributed by atoms with Crippen molar-refractivity contribution in [2.75, 3.05) is 0 Å². The summed E-state index contributed by atoms with van der Waals surface area (Å²) in [5, 5.41) is 0.882. The van der Waals surface area contributed by atoms with Crippen molar-refractivity contribution in [3.05, 3.63) is 30.3 Å². The summed E-state index contributed by atoms with van der Waals surface area (Å²) >= 11 is -0.106. The van der Waals surface area contributed by atoms with Gasteiger partial charge in [-0.1, -0.05) is 22.8 Å². The Kier molecular flexibility index (Phi) is 9.10. The van der Waals surface area contributed by atoms with E-state index in [1.807, 2.05) is 30.3 Å². The monoisotopic (exact) mass is 301 g/mol. The van der Waals surface area contributed by atoms with E-state index in [2.05, 4.69) is 0 Å². The molecule has 0 spiro atoms. The van der Waals surface area contributed by atoms with Crippen LogP contribution in [-0.4, -0.2) is 0 Å². The molecule has 1 rings (SSSR count). The van der Waals surface area contributed by atoms with Crippen LogP contribution in [0.25, 0.3) is 0 Å². The van der Waals surface area contributed by atoms with Gasteiger partial charge in [-0.15, -0.1) is 0 Å². The Morgan fingerprint density at radius 1 is 1.18 bits per heavy atom. The summed E-state index contributed by atoms with van der Waals surface area (Å²) in [6, 6.07) is 9.33. The molecule has 1 nitrogen and oxygen atoms in total. The summed E-state index contributed by atoms with van der Waals surface area (Å²) in [6.45, 7) is 0. The van der Waals surface area contributed by atoms with Crippen molar-refractivity contribution in [2.24, 2.45) is 0 Å². The van der Waals surface area contributed by atoms with Crippen molar-refractivity contribution in [1.29, 1.82) is 0 Å². The van der Waals surface area contributed by atoms with Gasteiger partial charge in [0.2, 0.25) is 0 Å². The van der Waals surface area contributed by atoms with Crippen molar-refractivity contribution in [2.45, 2.75) is 0 Å². The van der Waals surface area contributed by atoms with Crippen LogP contribution in [0.5, 0.6) is 0 Å². The molecular formula is C6H6Cl2OPPd+. The fourth-order valence-corrected chi connectivity index (χ4v) is 0.835. The molecular weight excluding hydrogens is 296 g/mol. The standard InChI is InChI=1S/C6H5OP.2ClH.Pd/c7-8-6-4-2-1-3-5-6;;;/h1-5H;2*1H;/q;;;+2/p-1. The van der Waals surface area contributed by atoms with Gasteiger partial charge >= 0.3 is 43.5 Å². The van der Waals surface area contributed by atoms with E-state index in [0.29, 0.717) is 0 Å². The molecule has 0 heterocycles. The molecule has 1 unspecified atom stereocenters. The van der Waals surface area contributed by atoms with Crippen molar-refractivity contribution >= 4 is 32.8 Å². The van der Waals surface area contributed by atoms with Crippen LogP contribution in [0.4, 0.5) is 0 Å². The average molecular weight is 302 g/mol. The molecule has 11 heavy (non-hydrogen) atoms.